The molecule has 2 aliphatic rings. The Morgan fingerprint density at radius 3 is 2.92 bits per heavy atom. The summed E-state index contributed by atoms with van der Waals surface area (Å²) in [4.78, 5) is 26.8. The summed E-state index contributed by atoms with van der Waals surface area (Å²) in [7, 11) is 0. The van der Waals surface area contributed by atoms with Gasteiger partial charge in [-0.15, -0.1) is 0 Å². The molecule has 136 valence electrons. The molecule has 0 saturated heterocycles. The number of hydrogen-bond donors (Lipinski definition) is 1. The van der Waals surface area contributed by atoms with Gasteiger partial charge < -0.3 is 4.98 Å². The largest absolute Gasteiger partial charge is 0.305 e. The Morgan fingerprint density at radius 1 is 1.27 bits per heavy atom. The lowest BCUT2D eigenvalue weighted by molar-refractivity contribution is 0.241. The van der Waals surface area contributed by atoms with E-state index in [1.165, 1.54) is 6.07 Å². The second-order valence-electron chi connectivity index (χ2n) is 6.83. The minimum Gasteiger partial charge on any atom is -0.305 e. The number of nitrogens with zero attached hydrogens (tertiary/aromatic N) is 3. The number of aromatic nitrogens is 2. The zero-order chi connectivity index (χ0) is 18.1. The molecule has 1 aromatic carbocycles. The summed E-state index contributed by atoms with van der Waals surface area (Å²) in [5.41, 5.74) is 3.22. The van der Waals surface area contributed by atoms with Gasteiger partial charge in [0.2, 0.25) is 0 Å². The first kappa shape index (κ1) is 17.4. The summed E-state index contributed by atoms with van der Waals surface area (Å²) in [6, 6.07) is 4.83. The van der Waals surface area contributed by atoms with E-state index in [4.69, 9.17) is 11.6 Å². The van der Waals surface area contributed by atoms with Crippen molar-refractivity contribution in [1.29, 1.82) is 0 Å². The predicted octanol–water partition coefficient (Wildman–Crippen LogP) is 3.09. The van der Waals surface area contributed by atoms with Crippen LogP contribution in [0.1, 0.15) is 41.9 Å². The van der Waals surface area contributed by atoms with Crippen molar-refractivity contribution in [1.82, 2.24) is 14.9 Å². The normalized spacial score (nSPS) is 17.7. The number of halogens is 2. The van der Waals surface area contributed by atoms with E-state index in [0.717, 1.165) is 49.3 Å². The maximum absolute atomic E-state index is 13.6. The van der Waals surface area contributed by atoms with E-state index in [1.807, 2.05) is 6.07 Å². The number of benzene rings is 1. The van der Waals surface area contributed by atoms with Crippen LogP contribution in [0.15, 0.2) is 28.0 Å². The fraction of sp³-hybridized carbons (Fsp3) is 0.421. The molecule has 0 saturated carbocycles. The number of nitrogens with one attached hydrogen (secondary N) is 1. The molecule has 0 unspecified atom stereocenters. The first-order chi connectivity index (χ1) is 12.6. The molecule has 4 rings (SSSR count). The van der Waals surface area contributed by atoms with Crippen molar-refractivity contribution in [2.45, 2.75) is 38.8 Å². The Morgan fingerprint density at radius 2 is 2.15 bits per heavy atom. The van der Waals surface area contributed by atoms with E-state index in [9.17, 15) is 9.18 Å². The molecule has 0 radical (unpaired) electrons. The molecular formula is C19H20ClFN4O. The molecule has 0 bridgehead atoms. The lowest BCUT2D eigenvalue weighted by Crippen LogP contribution is -2.36. The molecule has 0 fully saturated rings. The van der Waals surface area contributed by atoms with Crippen LogP contribution in [0.5, 0.6) is 0 Å². The second-order valence-corrected chi connectivity index (χ2v) is 7.24. The van der Waals surface area contributed by atoms with Gasteiger partial charge in [0, 0.05) is 32.6 Å². The van der Waals surface area contributed by atoms with E-state index in [2.05, 4.69) is 19.9 Å². The van der Waals surface area contributed by atoms with Crippen LogP contribution < -0.4 is 5.56 Å². The van der Waals surface area contributed by atoms with Gasteiger partial charge in [-0.3, -0.25) is 14.7 Å². The summed E-state index contributed by atoms with van der Waals surface area (Å²) in [6.45, 7) is 2.66. The highest BCUT2D eigenvalue weighted by Crippen LogP contribution is 2.20. The lowest BCUT2D eigenvalue weighted by Gasteiger charge is -2.28. The topological polar surface area (TPSA) is 61.4 Å². The number of aliphatic imine (C=N–C) groups is 1. The van der Waals surface area contributed by atoms with E-state index in [1.54, 1.807) is 6.07 Å². The number of fused-ring (bicyclic) bond motifs is 1. The highest BCUT2D eigenvalue weighted by atomic mass is 35.5. The van der Waals surface area contributed by atoms with Crippen LogP contribution in [0.2, 0.25) is 5.02 Å². The van der Waals surface area contributed by atoms with Crippen molar-refractivity contribution in [3.8, 4) is 0 Å². The van der Waals surface area contributed by atoms with Gasteiger partial charge in [0.25, 0.3) is 5.56 Å². The summed E-state index contributed by atoms with van der Waals surface area (Å²) < 4.78 is 13.6. The zero-order valence-corrected chi connectivity index (χ0v) is 15.2. The van der Waals surface area contributed by atoms with Gasteiger partial charge in [-0.25, -0.2) is 9.37 Å². The summed E-state index contributed by atoms with van der Waals surface area (Å²) in [5.74, 6) is 0.209. The quantitative estimate of drug-likeness (QED) is 0.898. The van der Waals surface area contributed by atoms with Crippen LogP contribution in [-0.2, 0) is 19.5 Å². The molecule has 2 aromatic rings. The Balaban J connectivity index is 1.54. The Bertz CT molecular complexity index is 924. The first-order valence-corrected chi connectivity index (χ1v) is 9.30. The third kappa shape index (κ3) is 3.57. The van der Waals surface area contributed by atoms with Crippen molar-refractivity contribution >= 4 is 17.3 Å². The van der Waals surface area contributed by atoms with Gasteiger partial charge in [0.1, 0.15) is 5.82 Å². The third-order valence-corrected chi connectivity index (χ3v) is 5.24. The molecule has 3 heterocycles. The predicted molar refractivity (Wildman–Crippen MR) is 99.3 cm³/mol. The number of aromatic amines is 1. The minimum absolute atomic E-state index is 0.0924. The lowest BCUT2D eigenvalue weighted by atomic mass is 10.0. The fourth-order valence-electron chi connectivity index (χ4n) is 3.54. The molecule has 0 spiro atoms. The van der Waals surface area contributed by atoms with Gasteiger partial charge in [-0.2, -0.15) is 0 Å². The second kappa shape index (κ2) is 7.29. The summed E-state index contributed by atoms with van der Waals surface area (Å²) >= 11 is 5.74. The molecule has 5 nitrogen and oxygen atoms in total. The maximum atomic E-state index is 13.6. The minimum atomic E-state index is -0.418. The van der Waals surface area contributed by atoms with Gasteiger partial charge in [-0.1, -0.05) is 17.7 Å². The summed E-state index contributed by atoms with van der Waals surface area (Å²) in [5, 5.41) is 0.122. The molecule has 26 heavy (non-hydrogen) atoms. The van der Waals surface area contributed by atoms with E-state index >= 15 is 0 Å². The third-order valence-electron chi connectivity index (χ3n) is 4.94. The SMILES string of the molecule is O=c1[nH]c(C2=NCCCC2)nc2c1CN(Cc1ccc(Cl)c(F)c1)CC2. The van der Waals surface area contributed by atoms with E-state index in [0.29, 0.717) is 30.9 Å². The van der Waals surface area contributed by atoms with E-state index in [-0.39, 0.29) is 10.6 Å². The Labute approximate surface area is 155 Å². The average molecular weight is 375 g/mol. The number of hydrogen-bond acceptors (Lipinski definition) is 4. The average Bonchev–Trinajstić information content (AvgIpc) is 2.66. The molecule has 7 heteroatoms. The Hall–Kier alpha value is -2.05. The number of rotatable bonds is 3. The zero-order valence-electron chi connectivity index (χ0n) is 14.4. The number of H-pyrrole nitrogens is 1. The molecule has 0 atom stereocenters. The van der Waals surface area contributed by atoms with Crippen LogP contribution in [0, 0.1) is 5.82 Å². The first-order valence-electron chi connectivity index (χ1n) is 8.92. The molecule has 2 aliphatic heterocycles. The monoisotopic (exact) mass is 374 g/mol. The van der Waals surface area contributed by atoms with Crippen molar-refractivity contribution in [2.75, 3.05) is 13.1 Å². The highest BCUT2D eigenvalue weighted by molar-refractivity contribution is 6.30. The van der Waals surface area contributed by atoms with Crippen LogP contribution in [-0.4, -0.2) is 33.7 Å². The smallest absolute Gasteiger partial charge is 0.255 e. The maximum Gasteiger partial charge on any atom is 0.255 e. The molecule has 0 amide bonds. The van der Waals surface area contributed by atoms with Crippen LogP contribution in [0.25, 0.3) is 0 Å². The highest BCUT2D eigenvalue weighted by Gasteiger charge is 2.23. The van der Waals surface area contributed by atoms with Crippen molar-refractivity contribution in [3.05, 3.63) is 62.0 Å². The van der Waals surface area contributed by atoms with Crippen LogP contribution >= 0.6 is 11.6 Å². The standard InChI is InChI=1S/C19H20ClFN4O/c20-14-5-4-12(9-15(14)21)10-25-8-6-16-13(11-25)19(26)24-18(23-16)17-3-1-2-7-22-17/h4-5,9H,1-3,6-8,10-11H2,(H,23,24,26). The van der Waals surface area contributed by atoms with Gasteiger partial charge in [-0.05, 0) is 37.0 Å². The summed E-state index contributed by atoms with van der Waals surface area (Å²) in [6.07, 6.45) is 3.76. The van der Waals surface area contributed by atoms with Crippen molar-refractivity contribution in [2.24, 2.45) is 4.99 Å². The molecular weight excluding hydrogens is 355 g/mol. The van der Waals surface area contributed by atoms with Crippen LogP contribution in [0.4, 0.5) is 4.39 Å². The van der Waals surface area contributed by atoms with Gasteiger partial charge in [0.15, 0.2) is 5.82 Å². The van der Waals surface area contributed by atoms with Crippen molar-refractivity contribution in [3.63, 3.8) is 0 Å². The van der Waals surface area contributed by atoms with Crippen molar-refractivity contribution < 1.29 is 4.39 Å². The molecule has 1 N–H and O–H groups in total. The van der Waals surface area contributed by atoms with Crippen LogP contribution in [0.3, 0.4) is 0 Å². The van der Waals surface area contributed by atoms with Gasteiger partial charge >= 0.3 is 0 Å². The van der Waals surface area contributed by atoms with Gasteiger partial charge in [0.05, 0.1) is 22.0 Å². The Kier molecular flexibility index (Phi) is 4.87. The molecule has 1 aromatic heterocycles. The fourth-order valence-corrected chi connectivity index (χ4v) is 3.66. The van der Waals surface area contributed by atoms with E-state index < -0.39 is 5.82 Å². The molecule has 0 aliphatic carbocycles.